The molecule has 4 heteroatoms. The third kappa shape index (κ3) is 7.81. The zero-order valence-corrected chi connectivity index (χ0v) is 31.5. The lowest BCUT2D eigenvalue weighted by atomic mass is 10.2. The van der Waals surface area contributed by atoms with E-state index in [2.05, 4.69) is 182 Å². The van der Waals surface area contributed by atoms with Gasteiger partial charge in [-0.2, -0.15) is 0 Å². The highest BCUT2D eigenvalue weighted by Crippen LogP contribution is 2.57. The molecule has 0 amide bonds. The number of rotatable bonds is 13. The molecule has 6 aromatic carbocycles. The molecule has 0 unspecified atom stereocenters. The fourth-order valence-corrected chi connectivity index (χ4v) is 15.6. The van der Waals surface area contributed by atoms with Crippen LogP contribution in [0.5, 0.6) is 0 Å². The van der Waals surface area contributed by atoms with E-state index in [1.54, 1.807) is 0 Å². The molecule has 0 radical (unpaired) electrons. The van der Waals surface area contributed by atoms with Gasteiger partial charge in [0.2, 0.25) is 0 Å². The van der Waals surface area contributed by atoms with Crippen LogP contribution in [0.2, 0.25) is 0 Å². The molecule has 46 heavy (non-hydrogen) atoms. The quantitative estimate of drug-likeness (QED) is 0.0811. The molecule has 0 bridgehead atoms. The van der Waals surface area contributed by atoms with E-state index < -0.39 is 14.5 Å². The fraction of sp³-hybridized carbons (Fsp3) is 0.143. The van der Waals surface area contributed by atoms with Gasteiger partial charge < -0.3 is 0 Å². The van der Waals surface area contributed by atoms with Crippen LogP contribution in [0, 0.1) is 0 Å². The predicted molar refractivity (Wildman–Crippen MR) is 219 cm³/mol. The Hall–Kier alpha value is -2.86. The molecule has 0 aliphatic carbocycles. The van der Waals surface area contributed by atoms with Crippen molar-refractivity contribution >= 4 is 80.3 Å². The Balaban J connectivity index is 0.00000240. The SMILES string of the molecule is Br.Br.c1ccc([P+](CCCCCC[P+](c2ccccc2)(c2ccccc2)c2ccccc2)(c2ccccc2)c2ccccc2)cc1. The van der Waals surface area contributed by atoms with Gasteiger partial charge in [0.25, 0.3) is 0 Å². The van der Waals surface area contributed by atoms with Crippen LogP contribution in [0.3, 0.4) is 0 Å². The Morgan fingerprint density at radius 2 is 0.413 bits per heavy atom. The van der Waals surface area contributed by atoms with Crippen molar-refractivity contribution in [2.24, 2.45) is 0 Å². The summed E-state index contributed by atoms with van der Waals surface area (Å²) in [5.41, 5.74) is 0. The van der Waals surface area contributed by atoms with Crippen molar-refractivity contribution in [2.45, 2.75) is 25.7 Å². The summed E-state index contributed by atoms with van der Waals surface area (Å²) >= 11 is 0. The minimum Gasteiger partial charge on any atom is -0.114 e. The van der Waals surface area contributed by atoms with Crippen LogP contribution in [-0.4, -0.2) is 12.3 Å². The second-order valence-electron chi connectivity index (χ2n) is 11.5. The highest BCUT2D eigenvalue weighted by Gasteiger charge is 2.46. The Labute approximate surface area is 298 Å². The summed E-state index contributed by atoms with van der Waals surface area (Å²) in [4.78, 5) is 0. The van der Waals surface area contributed by atoms with Crippen LogP contribution in [0.4, 0.5) is 0 Å². The van der Waals surface area contributed by atoms with Crippen LogP contribution in [0.25, 0.3) is 0 Å². The summed E-state index contributed by atoms with van der Waals surface area (Å²) in [7, 11) is -3.54. The highest BCUT2D eigenvalue weighted by atomic mass is 79.9. The summed E-state index contributed by atoms with van der Waals surface area (Å²) in [6.07, 6.45) is 7.32. The van der Waals surface area contributed by atoms with Crippen molar-refractivity contribution in [1.29, 1.82) is 0 Å². The summed E-state index contributed by atoms with van der Waals surface area (Å²) < 4.78 is 0. The standard InChI is InChI=1S/C42H42P2.2BrH/c1(21-35-43(37-23-9-3-10-24-37,38-25-11-4-12-26-38)39-27-13-5-14-28-39)2-22-36-44(40-29-15-6-16-30-40,41-31-17-7-18-32-41)42-33-19-8-20-34-42;;/h3-20,23-34H,1-2,21-22,35-36H2;2*1H/q+2;;. The average molecular weight is 771 g/mol. The molecule has 0 heterocycles. The predicted octanol–water partition coefficient (Wildman–Crippen LogP) is 9.69. The maximum Gasteiger partial charge on any atom is 0.112 e. The molecule has 0 aliphatic rings. The Morgan fingerprint density at radius 1 is 0.239 bits per heavy atom. The molecular weight excluding hydrogens is 726 g/mol. The third-order valence-corrected chi connectivity index (χ3v) is 18.0. The smallest absolute Gasteiger partial charge is 0.112 e. The van der Waals surface area contributed by atoms with E-state index in [4.69, 9.17) is 0 Å². The van der Waals surface area contributed by atoms with Crippen LogP contribution >= 0.6 is 48.5 Å². The summed E-state index contributed by atoms with van der Waals surface area (Å²) in [6.45, 7) is 0. The number of halogens is 2. The lowest BCUT2D eigenvalue weighted by molar-refractivity contribution is 0.708. The van der Waals surface area contributed by atoms with Crippen molar-refractivity contribution in [3.63, 3.8) is 0 Å². The van der Waals surface area contributed by atoms with E-state index in [9.17, 15) is 0 Å². The molecule has 234 valence electrons. The molecule has 0 aromatic heterocycles. The van der Waals surface area contributed by atoms with E-state index in [0.717, 1.165) is 0 Å². The molecular formula is C42H44Br2P2+2. The minimum absolute atomic E-state index is 0. The summed E-state index contributed by atoms with van der Waals surface area (Å²) in [5.74, 6) is 0. The molecule has 0 saturated heterocycles. The summed E-state index contributed by atoms with van der Waals surface area (Å²) in [6, 6.07) is 67.9. The highest BCUT2D eigenvalue weighted by molar-refractivity contribution is 8.93. The monoisotopic (exact) mass is 768 g/mol. The number of hydrogen-bond donors (Lipinski definition) is 0. The zero-order valence-electron chi connectivity index (χ0n) is 26.3. The van der Waals surface area contributed by atoms with Gasteiger partial charge in [0, 0.05) is 0 Å². The van der Waals surface area contributed by atoms with Gasteiger partial charge in [-0.1, -0.05) is 109 Å². The molecule has 0 N–H and O–H groups in total. The minimum atomic E-state index is -1.77. The maximum atomic E-state index is 2.37. The van der Waals surface area contributed by atoms with Crippen molar-refractivity contribution < 1.29 is 0 Å². The van der Waals surface area contributed by atoms with E-state index in [-0.39, 0.29) is 34.0 Å². The van der Waals surface area contributed by atoms with Gasteiger partial charge >= 0.3 is 0 Å². The average Bonchev–Trinajstić information content (AvgIpc) is 3.12. The van der Waals surface area contributed by atoms with E-state index in [1.807, 2.05) is 0 Å². The molecule has 0 aliphatic heterocycles. The van der Waals surface area contributed by atoms with Gasteiger partial charge in [0.15, 0.2) is 0 Å². The fourth-order valence-electron chi connectivity index (χ4n) is 6.82. The second-order valence-corrected chi connectivity index (χ2v) is 18.7. The zero-order chi connectivity index (χ0) is 29.9. The maximum absolute atomic E-state index is 2.37. The second kappa shape index (κ2) is 17.9. The van der Waals surface area contributed by atoms with E-state index >= 15 is 0 Å². The number of unbranched alkanes of at least 4 members (excludes halogenated alkanes) is 3. The lowest BCUT2D eigenvalue weighted by Crippen LogP contribution is -2.33. The van der Waals surface area contributed by atoms with Gasteiger partial charge in [-0.15, -0.1) is 34.0 Å². The first-order valence-electron chi connectivity index (χ1n) is 15.9. The van der Waals surface area contributed by atoms with Crippen LogP contribution in [0.1, 0.15) is 25.7 Å². The normalized spacial score (nSPS) is 11.2. The molecule has 6 rings (SSSR count). The molecule has 0 fully saturated rings. The first kappa shape index (κ1) is 36.0. The number of hydrogen-bond acceptors (Lipinski definition) is 0. The van der Waals surface area contributed by atoms with Gasteiger partial charge in [0.05, 0.1) is 12.3 Å². The first-order chi connectivity index (χ1) is 21.8. The van der Waals surface area contributed by atoms with Gasteiger partial charge in [0.1, 0.15) is 46.4 Å². The van der Waals surface area contributed by atoms with Gasteiger partial charge in [-0.3, -0.25) is 0 Å². The Morgan fingerprint density at radius 3 is 0.587 bits per heavy atom. The van der Waals surface area contributed by atoms with Crippen molar-refractivity contribution in [3.8, 4) is 0 Å². The first-order valence-corrected chi connectivity index (χ1v) is 19.9. The van der Waals surface area contributed by atoms with E-state index in [0.29, 0.717) is 0 Å². The van der Waals surface area contributed by atoms with Gasteiger partial charge in [-0.05, 0) is 98.5 Å². The number of benzene rings is 6. The van der Waals surface area contributed by atoms with Crippen molar-refractivity contribution in [2.75, 3.05) is 12.3 Å². The molecule has 0 atom stereocenters. The van der Waals surface area contributed by atoms with Crippen molar-refractivity contribution in [3.05, 3.63) is 182 Å². The lowest BCUT2D eigenvalue weighted by Gasteiger charge is -2.28. The van der Waals surface area contributed by atoms with Crippen molar-refractivity contribution in [1.82, 2.24) is 0 Å². The molecule has 0 saturated carbocycles. The van der Waals surface area contributed by atoms with Crippen LogP contribution in [-0.2, 0) is 0 Å². The summed E-state index contributed by atoms with van der Waals surface area (Å²) in [5, 5.41) is 8.91. The largest absolute Gasteiger partial charge is 0.114 e. The van der Waals surface area contributed by atoms with Crippen LogP contribution < -0.4 is 31.8 Å². The van der Waals surface area contributed by atoms with E-state index in [1.165, 1.54) is 69.8 Å². The topological polar surface area (TPSA) is 0 Å². The van der Waals surface area contributed by atoms with Crippen LogP contribution in [0.15, 0.2) is 182 Å². The molecule has 0 nitrogen and oxygen atoms in total. The molecule has 6 aromatic rings. The Bertz CT molecular complexity index is 1360. The Kier molecular flexibility index (Phi) is 14.0. The molecule has 0 spiro atoms. The third-order valence-electron chi connectivity index (χ3n) is 8.92. The van der Waals surface area contributed by atoms with Gasteiger partial charge in [-0.25, -0.2) is 0 Å².